The van der Waals surface area contributed by atoms with E-state index in [9.17, 15) is 19.5 Å². The lowest BCUT2D eigenvalue weighted by molar-refractivity contribution is -0.143. The first-order chi connectivity index (χ1) is 15.7. The maximum Gasteiger partial charge on any atom is 0.250 e. The van der Waals surface area contributed by atoms with E-state index >= 15 is 0 Å². The molecule has 0 saturated carbocycles. The van der Waals surface area contributed by atoms with Crippen molar-refractivity contribution >= 4 is 23.4 Å². The molecule has 0 aromatic heterocycles. The highest BCUT2D eigenvalue weighted by atomic mass is 16.5. The molecule has 0 unspecified atom stereocenters. The molecule has 3 aliphatic heterocycles. The molecule has 0 radical (unpaired) electrons. The van der Waals surface area contributed by atoms with E-state index in [1.807, 2.05) is 26.0 Å². The molecule has 8 nitrogen and oxygen atoms in total. The summed E-state index contributed by atoms with van der Waals surface area (Å²) in [6, 6.07) is 10.2. The van der Waals surface area contributed by atoms with Crippen molar-refractivity contribution in [2.45, 2.75) is 45.0 Å². The fourth-order valence-electron chi connectivity index (χ4n) is 5.59. The van der Waals surface area contributed by atoms with E-state index in [0.717, 1.165) is 16.7 Å². The molecule has 3 heterocycles. The van der Waals surface area contributed by atoms with Gasteiger partial charge in [-0.1, -0.05) is 24.3 Å². The number of hydrogen-bond acceptors (Lipinski definition) is 6. The van der Waals surface area contributed by atoms with E-state index < -0.39 is 35.4 Å². The standard InChI is InChI=1S/C25H27N3O5/c1-12-5-10-17-20(13(12)2)26-24(32)25(17)19-18(21(27-25)14(3)29)22(30)28(23(19)31)11-15-6-8-16(33-4)9-7-15/h5-10,14,18-19,21,27,29H,11H2,1-4H3,(H,26,32)/t14-,18+,19-,21+,25-/m1/s1. The highest BCUT2D eigenvalue weighted by Crippen LogP contribution is 2.54. The summed E-state index contributed by atoms with van der Waals surface area (Å²) in [7, 11) is 1.57. The Morgan fingerprint density at radius 3 is 2.42 bits per heavy atom. The molecule has 2 saturated heterocycles. The summed E-state index contributed by atoms with van der Waals surface area (Å²) < 4.78 is 5.18. The van der Waals surface area contributed by atoms with E-state index in [4.69, 9.17) is 4.74 Å². The van der Waals surface area contributed by atoms with Crippen molar-refractivity contribution in [3.05, 3.63) is 58.7 Å². The molecule has 2 aromatic rings. The van der Waals surface area contributed by atoms with Gasteiger partial charge in [0.15, 0.2) is 0 Å². The lowest BCUT2D eigenvalue weighted by Crippen LogP contribution is -2.54. The fraction of sp³-hybridized carbons (Fsp3) is 0.400. The first-order valence-corrected chi connectivity index (χ1v) is 11.1. The van der Waals surface area contributed by atoms with E-state index in [1.165, 1.54) is 4.90 Å². The van der Waals surface area contributed by atoms with Gasteiger partial charge in [0.1, 0.15) is 11.3 Å². The van der Waals surface area contributed by atoms with Crippen LogP contribution in [0.25, 0.3) is 0 Å². The summed E-state index contributed by atoms with van der Waals surface area (Å²) in [5.41, 5.74) is 2.64. The minimum atomic E-state index is -1.40. The Morgan fingerprint density at radius 2 is 1.79 bits per heavy atom. The van der Waals surface area contributed by atoms with Gasteiger partial charge in [-0.25, -0.2) is 0 Å². The van der Waals surface area contributed by atoms with Crippen LogP contribution in [-0.2, 0) is 26.5 Å². The minimum absolute atomic E-state index is 0.0959. The fourth-order valence-corrected chi connectivity index (χ4v) is 5.59. The number of aliphatic hydroxyl groups is 1. The van der Waals surface area contributed by atoms with E-state index in [1.54, 1.807) is 38.3 Å². The molecule has 8 heteroatoms. The zero-order valence-corrected chi connectivity index (χ0v) is 19.0. The Labute approximate surface area is 191 Å². The van der Waals surface area contributed by atoms with Crippen molar-refractivity contribution in [3.8, 4) is 5.75 Å². The number of aliphatic hydroxyl groups excluding tert-OH is 1. The summed E-state index contributed by atoms with van der Waals surface area (Å²) in [4.78, 5) is 41.9. The monoisotopic (exact) mass is 449 g/mol. The number of hydrogen-bond donors (Lipinski definition) is 3. The van der Waals surface area contributed by atoms with Gasteiger partial charge in [-0.15, -0.1) is 0 Å². The van der Waals surface area contributed by atoms with Crippen LogP contribution in [-0.4, -0.2) is 47.0 Å². The lowest BCUT2D eigenvalue weighted by atomic mass is 9.76. The summed E-state index contributed by atoms with van der Waals surface area (Å²) >= 11 is 0. The first kappa shape index (κ1) is 21.6. The smallest absolute Gasteiger partial charge is 0.250 e. The summed E-state index contributed by atoms with van der Waals surface area (Å²) in [6.07, 6.45) is -0.932. The lowest BCUT2D eigenvalue weighted by Gasteiger charge is -2.30. The van der Waals surface area contributed by atoms with Gasteiger partial charge in [0.05, 0.1) is 31.6 Å². The normalized spacial score (nSPS) is 28.8. The van der Waals surface area contributed by atoms with Crippen LogP contribution in [0, 0.1) is 25.7 Å². The maximum absolute atomic E-state index is 13.7. The Kier molecular flexibility index (Phi) is 4.84. The van der Waals surface area contributed by atoms with Crippen LogP contribution < -0.4 is 15.4 Å². The number of nitrogens with zero attached hydrogens (tertiary/aromatic N) is 1. The molecule has 3 aliphatic rings. The number of anilines is 1. The number of fused-ring (bicyclic) bond motifs is 4. The zero-order chi connectivity index (χ0) is 23.7. The number of aryl methyl sites for hydroxylation is 1. The van der Waals surface area contributed by atoms with Gasteiger partial charge in [0.2, 0.25) is 17.7 Å². The predicted octanol–water partition coefficient (Wildman–Crippen LogP) is 1.61. The minimum Gasteiger partial charge on any atom is -0.497 e. The van der Waals surface area contributed by atoms with Crippen LogP contribution in [0.3, 0.4) is 0 Å². The van der Waals surface area contributed by atoms with Gasteiger partial charge in [-0.3, -0.25) is 24.6 Å². The predicted molar refractivity (Wildman–Crippen MR) is 120 cm³/mol. The molecule has 172 valence electrons. The molecule has 0 bridgehead atoms. The van der Waals surface area contributed by atoms with E-state index in [-0.39, 0.29) is 18.4 Å². The molecule has 0 aliphatic carbocycles. The third kappa shape index (κ3) is 2.87. The Bertz CT molecular complexity index is 1180. The van der Waals surface area contributed by atoms with Crippen LogP contribution in [0.2, 0.25) is 0 Å². The van der Waals surface area contributed by atoms with Crippen molar-refractivity contribution in [2.24, 2.45) is 11.8 Å². The number of nitrogens with one attached hydrogen (secondary N) is 2. The van der Waals surface area contributed by atoms with Crippen molar-refractivity contribution in [1.82, 2.24) is 10.2 Å². The summed E-state index contributed by atoms with van der Waals surface area (Å²) in [5.74, 6) is -2.24. The molecule has 3 amide bonds. The van der Waals surface area contributed by atoms with Crippen LogP contribution in [0.4, 0.5) is 5.69 Å². The van der Waals surface area contributed by atoms with E-state index in [0.29, 0.717) is 17.0 Å². The average molecular weight is 450 g/mol. The number of carbonyl (C=O) groups is 3. The Morgan fingerprint density at radius 1 is 1.09 bits per heavy atom. The van der Waals surface area contributed by atoms with Gasteiger partial charge >= 0.3 is 0 Å². The zero-order valence-electron chi connectivity index (χ0n) is 19.0. The quantitative estimate of drug-likeness (QED) is 0.612. The molecule has 2 fully saturated rings. The Balaban J connectivity index is 1.59. The first-order valence-electron chi connectivity index (χ1n) is 11.1. The molecule has 3 N–H and O–H groups in total. The second kappa shape index (κ2) is 7.40. The van der Waals surface area contributed by atoms with Gasteiger partial charge < -0.3 is 15.2 Å². The highest BCUT2D eigenvalue weighted by Gasteiger charge is 2.71. The van der Waals surface area contributed by atoms with Gasteiger partial charge in [0, 0.05) is 17.3 Å². The second-order valence-corrected chi connectivity index (χ2v) is 9.22. The molecule has 5 rings (SSSR count). The largest absolute Gasteiger partial charge is 0.497 e. The maximum atomic E-state index is 13.7. The molecule has 2 aromatic carbocycles. The SMILES string of the molecule is COc1ccc(CN2C(=O)[C@@H]3[C@H]([C@@H](C)O)N[C@@]4(C(=O)Nc5c4ccc(C)c5C)[C@H]3C2=O)cc1. The average Bonchev–Trinajstić information content (AvgIpc) is 3.38. The number of likely N-dealkylation sites (tertiary alicyclic amines) is 1. The molecule has 1 spiro atoms. The third-order valence-electron chi connectivity index (χ3n) is 7.47. The van der Waals surface area contributed by atoms with Gasteiger partial charge in [0.25, 0.3) is 0 Å². The number of imide groups is 1. The van der Waals surface area contributed by atoms with Gasteiger partial charge in [-0.05, 0) is 49.6 Å². The number of ether oxygens (including phenoxy) is 1. The van der Waals surface area contributed by atoms with Crippen molar-refractivity contribution < 1.29 is 24.2 Å². The number of carbonyl (C=O) groups excluding carboxylic acids is 3. The summed E-state index contributed by atoms with van der Waals surface area (Å²) in [6.45, 7) is 5.55. The number of methoxy groups -OCH3 is 1. The summed E-state index contributed by atoms with van der Waals surface area (Å²) in [5, 5.41) is 16.7. The molecule has 5 atom stereocenters. The number of rotatable bonds is 4. The van der Waals surface area contributed by atoms with Crippen LogP contribution >= 0.6 is 0 Å². The molecular weight excluding hydrogens is 422 g/mol. The topological polar surface area (TPSA) is 108 Å². The van der Waals surface area contributed by atoms with Crippen LogP contribution in [0.1, 0.15) is 29.2 Å². The highest BCUT2D eigenvalue weighted by molar-refractivity contribution is 6.15. The third-order valence-corrected chi connectivity index (χ3v) is 7.47. The Hall–Kier alpha value is -3.23. The van der Waals surface area contributed by atoms with Crippen molar-refractivity contribution in [3.63, 3.8) is 0 Å². The van der Waals surface area contributed by atoms with Crippen LogP contribution in [0.5, 0.6) is 5.75 Å². The number of amides is 3. The van der Waals surface area contributed by atoms with Crippen molar-refractivity contribution in [2.75, 3.05) is 12.4 Å². The molecular formula is C25H27N3O5. The second-order valence-electron chi connectivity index (χ2n) is 9.22. The van der Waals surface area contributed by atoms with E-state index in [2.05, 4.69) is 10.6 Å². The van der Waals surface area contributed by atoms with Crippen LogP contribution in [0.15, 0.2) is 36.4 Å². The molecule has 33 heavy (non-hydrogen) atoms. The number of benzene rings is 2. The van der Waals surface area contributed by atoms with Crippen molar-refractivity contribution in [1.29, 1.82) is 0 Å². The van der Waals surface area contributed by atoms with Gasteiger partial charge in [-0.2, -0.15) is 0 Å².